The van der Waals surface area contributed by atoms with Crippen LogP contribution in [0.15, 0.2) is 29.6 Å². The van der Waals surface area contributed by atoms with Crippen LogP contribution in [0.5, 0.6) is 5.75 Å². The van der Waals surface area contributed by atoms with Gasteiger partial charge in [-0.25, -0.2) is 19.5 Å². The molecule has 1 fully saturated rings. The SMILES string of the molecule is CC(C)C[C@@H](C(=O)Nc1nc(C(=O)O)cs1)N1C(=O)NC(c2ccc(O)cc2)C1=O. The van der Waals surface area contributed by atoms with E-state index in [1.54, 1.807) is 0 Å². The zero-order valence-electron chi connectivity index (χ0n) is 16.2. The van der Waals surface area contributed by atoms with Crippen molar-refractivity contribution in [3.8, 4) is 5.75 Å². The first-order valence-electron chi connectivity index (χ1n) is 9.09. The molecule has 0 aliphatic carbocycles. The van der Waals surface area contributed by atoms with Crippen LogP contribution in [0, 0.1) is 5.92 Å². The molecule has 2 heterocycles. The second-order valence-corrected chi connectivity index (χ2v) is 8.02. The van der Waals surface area contributed by atoms with Crippen LogP contribution < -0.4 is 10.6 Å². The van der Waals surface area contributed by atoms with Crippen LogP contribution in [-0.2, 0) is 9.59 Å². The van der Waals surface area contributed by atoms with Gasteiger partial charge in [0.25, 0.3) is 5.91 Å². The van der Waals surface area contributed by atoms with Crippen LogP contribution in [0.25, 0.3) is 0 Å². The van der Waals surface area contributed by atoms with E-state index >= 15 is 0 Å². The third-order valence-corrected chi connectivity index (χ3v) is 5.22. The molecule has 10 nitrogen and oxygen atoms in total. The fourth-order valence-corrected chi connectivity index (χ4v) is 3.76. The van der Waals surface area contributed by atoms with Gasteiger partial charge in [0.2, 0.25) is 5.91 Å². The van der Waals surface area contributed by atoms with Gasteiger partial charge in [0.1, 0.15) is 17.8 Å². The van der Waals surface area contributed by atoms with Crippen molar-refractivity contribution in [3.63, 3.8) is 0 Å². The summed E-state index contributed by atoms with van der Waals surface area (Å²) in [6, 6.07) is 3.06. The van der Waals surface area contributed by atoms with Crippen LogP contribution in [-0.4, -0.2) is 50.0 Å². The van der Waals surface area contributed by atoms with Crippen LogP contribution >= 0.6 is 11.3 Å². The zero-order valence-corrected chi connectivity index (χ0v) is 17.0. The number of benzene rings is 1. The summed E-state index contributed by atoms with van der Waals surface area (Å²) in [4.78, 5) is 54.1. The van der Waals surface area contributed by atoms with Gasteiger partial charge in [0.15, 0.2) is 10.8 Å². The van der Waals surface area contributed by atoms with Gasteiger partial charge in [-0.1, -0.05) is 26.0 Å². The van der Waals surface area contributed by atoms with E-state index in [-0.39, 0.29) is 28.9 Å². The normalized spacial score (nSPS) is 17.2. The van der Waals surface area contributed by atoms with Crippen molar-refractivity contribution < 1.29 is 29.4 Å². The predicted octanol–water partition coefficient (Wildman–Crippen LogP) is 2.19. The van der Waals surface area contributed by atoms with E-state index in [2.05, 4.69) is 15.6 Å². The standard InChI is InChI=1S/C19H20N4O6S/c1-9(2)7-13(15(25)22-18-20-12(8-30-18)17(27)28)23-16(26)14(21-19(23)29)10-3-5-11(24)6-4-10/h3-6,8-9,13-14,24H,7H2,1-2H3,(H,21,29)(H,27,28)(H,20,22,25)/t13-,14?/m0/s1. The number of phenols is 1. The molecule has 1 aliphatic heterocycles. The van der Waals surface area contributed by atoms with E-state index in [4.69, 9.17) is 5.11 Å². The molecule has 2 aromatic rings. The third-order valence-electron chi connectivity index (χ3n) is 4.46. The summed E-state index contributed by atoms with van der Waals surface area (Å²) in [7, 11) is 0. The summed E-state index contributed by atoms with van der Waals surface area (Å²) in [6.45, 7) is 3.70. The van der Waals surface area contributed by atoms with E-state index in [1.807, 2.05) is 13.8 Å². The quantitative estimate of drug-likeness (QED) is 0.490. The molecule has 1 unspecified atom stereocenters. The molecule has 4 amide bonds. The second-order valence-electron chi connectivity index (χ2n) is 7.16. The van der Waals surface area contributed by atoms with E-state index in [0.717, 1.165) is 16.2 Å². The fraction of sp³-hybridized carbons (Fsp3) is 0.316. The second kappa shape index (κ2) is 8.49. The first kappa shape index (κ1) is 21.2. The van der Waals surface area contributed by atoms with Crippen LogP contribution in [0.4, 0.5) is 9.93 Å². The molecular formula is C19H20N4O6S. The number of amides is 4. The zero-order chi connectivity index (χ0) is 22.0. The highest BCUT2D eigenvalue weighted by molar-refractivity contribution is 7.14. The number of nitrogens with one attached hydrogen (secondary N) is 2. The first-order chi connectivity index (χ1) is 14.2. The molecule has 4 N–H and O–H groups in total. The average Bonchev–Trinajstić information content (AvgIpc) is 3.25. The van der Waals surface area contributed by atoms with Crippen molar-refractivity contribution in [1.82, 2.24) is 15.2 Å². The smallest absolute Gasteiger partial charge is 0.355 e. The Morgan fingerprint density at radius 1 is 1.27 bits per heavy atom. The Balaban J connectivity index is 1.83. The lowest BCUT2D eigenvalue weighted by atomic mass is 10.0. The van der Waals surface area contributed by atoms with E-state index in [9.17, 15) is 24.3 Å². The number of carbonyl (C=O) groups excluding carboxylic acids is 3. The van der Waals surface area contributed by atoms with E-state index in [0.29, 0.717) is 5.56 Å². The predicted molar refractivity (Wildman–Crippen MR) is 107 cm³/mol. The summed E-state index contributed by atoms with van der Waals surface area (Å²) in [6.07, 6.45) is 0.213. The summed E-state index contributed by atoms with van der Waals surface area (Å²) >= 11 is 0.934. The number of anilines is 1. The minimum atomic E-state index is -1.23. The van der Waals surface area contributed by atoms with Crippen molar-refractivity contribution in [3.05, 3.63) is 40.9 Å². The summed E-state index contributed by atoms with van der Waals surface area (Å²) in [5.74, 6) is -2.44. The van der Waals surface area contributed by atoms with Crippen LogP contribution in [0.3, 0.4) is 0 Å². The first-order valence-corrected chi connectivity index (χ1v) is 9.97. The molecule has 0 radical (unpaired) electrons. The molecule has 30 heavy (non-hydrogen) atoms. The van der Waals surface area contributed by atoms with Crippen molar-refractivity contribution in [2.45, 2.75) is 32.4 Å². The number of urea groups is 1. The number of phenolic OH excluding ortho intramolecular Hbond substituents is 1. The van der Waals surface area contributed by atoms with Gasteiger partial charge >= 0.3 is 12.0 Å². The maximum Gasteiger partial charge on any atom is 0.355 e. The molecule has 1 aromatic heterocycles. The number of aromatic carboxylic acids is 1. The number of rotatable bonds is 7. The van der Waals surface area contributed by atoms with Gasteiger partial charge in [0.05, 0.1) is 0 Å². The van der Waals surface area contributed by atoms with Crippen molar-refractivity contribution in [1.29, 1.82) is 0 Å². The molecule has 1 aromatic carbocycles. The molecule has 158 valence electrons. The van der Waals surface area contributed by atoms with Crippen molar-refractivity contribution >= 4 is 40.3 Å². The maximum absolute atomic E-state index is 13.0. The van der Waals surface area contributed by atoms with Crippen molar-refractivity contribution in [2.24, 2.45) is 5.92 Å². The van der Waals surface area contributed by atoms with E-state index in [1.165, 1.54) is 29.6 Å². The van der Waals surface area contributed by atoms with Gasteiger partial charge < -0.3 is 20.8 Å². The van der Waals surface area contributed by atoms with Gasteiger partial charge in [-0.3, -0.25) is 9.59 Å². The Morgan fingerprint density at radius 2 is 1.93 bits per heavy atom. The Kier molecular flexibility index (Phi) is 6.01. The highest BCUT2D eigenvalue weighted by Crippen LogP contribution is 2.28. The lowest BCUT2D eigenvalue weighted by molar-refractivity contribution is -0.134. The number of nitrogens with zero attached hydrogens (tertiary/aromatic N) is 2. The Hall–Kier alpha value is -3.47. The van der Waals surface area contributed by atoms with Gasteiger partial charge in [-0.05, 0) is 30.0 Å². The minimum absolute atomic E-state index is 0.0139. The lowest BCUT2D eigenvalue weighted by Gasteiger charge is -2.25. The third kappa shape index (κ3) is 4.40. The largest absolute Gasteiger partial charge is 0.508 e. The lowest BCUT2D eigenvalue weighted by Crippen LogP contribution is -2.48. The number of carboxylic acid groups (broad SMARTS) is 1. The maximum atomic E-state index is 13.0. The topological polar surface area (TPSA) is 149 Å². The summed E-state index contributed by atoms with van der Waals surface area (Å²) < 4.78 is 0. The molecule has 0 saturated carbocycles. The number of hydrogen-bond acceptors (Lipinski definition) is 7. The monoisotopic (exact) mass is 432 g/mol. The molecule has 1 aliphatic rings. The number of aromatic hydroxyl groups is 1. The number of carbonyl (C=O) groups is 4. The van der Waals surface area contributed by atoms with Crippen molar-refractivity contribution in [2.75, 3.05) is 5.32 Å². The van der Waals surface area contributed by atoms with Gasteiger partial charge in [0, 0.05) is 5.38 Å². The van der Waals surface area contributed by atoms with Crippen LogP contribution in [0.2, 0.25) is 0 Å². The number of imide groups is 1. The molecule has 2 atom stereocenters. The molecule has 1 saturated heterocycles. The average molecular weight is 432 g/mol. The Bertz CT molecular complexity index is 987. The van der Waals surface area contributed by atoms with Gasteiger partial charge in [-0.15, -0.1) is 11.3 Å². The molecular weight excluding hydrogens is 412 g/mol. The Labute approximate surface area is 175 Å². The summed E-state index contributed by atoms with van der Waals surface area (Å²) in [5, 5.41) is 24.8. The number of carboxylic acids is 1. The number of hydrogen-bond donors (Lipinski definition) is 4. The number of thiazole rings is 1. The summed E-state index contributed by atoms with van der Waals surface area (Å²) in [5.41, 5.74) is 0.265. The number of aromatic nitrogens is 1. The molecule has 3 rings (SSSR count). The molecule has 0 bridgehead atoms. The molecule has 0 spiro atoms. The van der Waals surface area contributed by atoms with Gasteiger partial charge in [-0.2, -0.15) is 0 Å². The Morgan fingerprint density at radius 3 is 2.50 bits per heavy atom. The fourth-order valence-electron chi connectivity index (χ4n) is 3.08. The van der Waals surface area contributed by atoms with E-state index < -0.39 is 35.9 Å². The highest BCUT2D eigenvalue weighted by atomic mass is 32.1. The molecule has 11 heteroatoms. The van der Waals surface area contributed by atoms with Crippen LogP contribution in [0.1, 0.15) is 42.4 Å². The minimum Gasteiger partial charge on any atom is -0.508 e. The highest BCUT2D eigenvalue weighted by Gasteiger charge is 2.45.